The third kappa shape index (κ3) is 6.10. The van der Waals surface area contributed by atoms with Crippen LogP contribution in [0.4, 0.5) is 0 Å². The summed E-state index contributed by atoms with van der Waals surface area (Å²) in [6.07, 6.45) is 1.99. The summed E-state index contributed by atoms with van der Waals surface area (Å²) < 4.78 is 2.40. The molecule has 12 rings (SSSR count). The molecule has 61 heavy (non-hydrogen) atoms. The summed E-state index contributed by atoms with van der Waals surface area (Å²) in [5.74, 6) is 0. The third-order valence-corrected chi connectivity index (χ3v) is 12.4. The van der Waals surface area contributed by atoms with Crippen molar-refractivity contribution in [3.05, 3.63) is 241 Å². The summed E-state index contributed by atoms with van der Waals surface area (Å²) >= 11 is 0. The summed E-state index contributed by atoms with van der Waals surface area (Å²) in [5.41, 5.74) is 13.8. The molecule has 10 aromatic carbocycles. The minimum Gasteiger partial charge on any atom is -0.360 e. The summed E-state index contributed by atoms with van der Waals surface area (Å²) in [7, 11) is 0. The standard InChI is InChI=1S/C58H39N3/c1-3-13-39(14-4-1)53-37-54(60-58(59-53)41-15-5-2-6-16-41)40-26-30-48(31-27-40)61-55-21-10-9-19-52(55)57-51-32-28-45(36-47(51)29-33-56(57)61)42-22-23-44-35-46(25-24-43(44)34-42)50-20-11-17-38-12-7-8-18-49(38)50/h1-37,58-59H. The fraction of sp³-hybridized carbons (Fsp3) is 0.0172. The first-order chi connectivity index (χ1) is 30.2. The predicted molar refractivity (Wildman–Crippen MR) is 257 cm³/mol. The molecule has 1 atom stereocenters. The highest BCUT2D eigenvalue weighted by molar-refractivity contribution is 6.22. The Kier molecular flexibility index (Phi) is 8.24. The van der Waals surface area contributed by atoms with Gasteiger partial charge in [0.2, 0.25) is 0 Å². The normalized spacial score (nSPS) is 14.1. The van der Waals surface area contributed by atoms with Gasteiger partial charge in [0, 0.05) is 22.2 Å². The molecule has 1 N–H and O–H groups in total. The second kappa shape index (κ2) is 14.4. The molecule has 1 aliphatic heterocycles. The zero-order valence-electron chi connectivity index (χ0n) is 33.3. The summed E-state index contributed by atoms with van der Waals surface area (Å²) in [5, 5.41) is 13.7. The number of aromatic nitrogens is 1. The van der Waals surface area contributed by atoms with Crippen LogP contribution < -0.4 is 5.32 Å². The molecule has 1 aliphatic rings. The summed E-state index contributed by atoms with van der Waals surface area (Å²) in [6.45, 7) is 0. The summed E-state index contributed by atoms with van der Waals surface area (Å²) in [4.78, 5) is 5.21. The maximum absolute atomic E-state index is 5.21. The van der Waals surface area contributed by atoms with Crippen molar-refractivity contribution in [2.24, 2.45) is 4.99 Å². The number of allylic oxidation sites excluding steroid dienone is 1. The molecule has 0 saturated heterocycles. The molecule has 0 radical (unpaired) electrons. The fourth-order valence-corrected chi connectivity index (χ4v) is 9.38. The minimum atomic E-state index is -0.182. The van der Waals surface area contributed by atoms with Crippen LogP contribution in [0.1, 0.15) is 22.9 Å². The molecule has 11 aromatic rings. The number of para-hydroxylation sites is 1. The van der Waals surface area contributed by atoms with Crippen molar-refractivity contribution in [3.8, 4) is 27.9 Å². The maximum atomic E-state index is 5.21. The maximum Gasteiger partial charge on any atom is 0.145 e. The van der Waals surface area contributed by atoms with Crippen LogP contribution in [0.2, 0.25) is 0 Å². The van der Waals surface area contributed by atoms with Crippen molar-refractivity contribution < 1.29 is 0 Å². The lowest BCUT2D eigenvalue weighted by molar-refractivity contribution is 0.664. The van der Waals surface area contributed by atoms with Gasteiger partial charge in [-0.05, 0) is 120 Å². The van der Waals surface area contributed by atoms with E-state index in [1.54, 1.807) is 0 Å². The number of rotatable bonds is 6. The molecule has 2 heterocycles. The van der Waals surface area contributed by atoms with Crippen LogP contribution in [-0.2, 0) is 0 Å². The van der Waals surface area contributed by atoms with Gasteiger partial charge in [0.25, 0.3) is 0 Å². The van der Waals surface area contributed by atoms with Gasteiger partial charge >= 0.3 is 0 Å². The number of fused-ring (bicyclic) bond motifs is 7. The zero-order chi connectivity index (χ0) is 40.3. The van der Waals surface area contributed by atoms with Gasteiger partial charge in [0.15, 0.2) is 0 Å². The molecular weight excluding hydrogens is 739 g/mol. The lowest BCUT2D eigenvalue weighted by Crippen LogP contribution is -2.24. The molecule has 0 amide bonds. The van der Waals surface area contributed by atoms with E-state index in [-0.39, 0.29) is 6.17 Å². The molecule has 0 spiro atoms. The SMILES string of the molecule is C1=C(c2ccccc2)NC(c2ccccc2)N=C1c1ccc(-n2c3ccccc3c3c4ccc(-c5ccc6cc(-c7cccc8ccccc78)ccc6c5)cc4ccc32)cc1. The first-order valence-electron chi connectivity index (χ1n) is 21.0. The number of hydrogen-bond acceptors (Lipinski definition) is 2. The second-order valence-corrected chi connectivity index (χ2v) is 16.0. The van der Waals surface area contributed by atoms with Crippen LogP contribution in [-0.4, -0.2) is 10.3 Å². The Hall–Kier alpha value is -8.01. The Morgan fingerprint density at radius 1 is 0.393 bits per heavy atom. The van der Waals surface area contributed by atoms with Crippen molar-refractivity contribution in [3.63, 3.8) is 0 Å². The largest absolute Gasteiger partial charge is 0.360 e. The number of aliphatic imine (C=N–C) groups is 1. The van der Waals surface area contributed by atoms with Crippen LogP contribution >= 0.6 is 0 Å². The number of nitrogens with zero attached hydrogens (tertiary/aromatic N) is 2. The Labute approximate surface area is 354 Å². The molecule has 0 fully saturated rings. The smallest absolute Gasteiger partial charge is 0.145 e. The Morgan fingerprint density at radius 3 is 1.84 bits per heavy atom. The van der Waals surface area contributed by atoms with Gasteiger partial charge in [0.1, 0.15) is 6.17 Å². The highest BCUT2D eigenvalue weighted by Crippen LogP contribution is 2.39. The summed E-state index contributed by atoms with van der Waals surface area (Å²) in [6, 6.07) is 79.1. The van der Waals surface area contributed by atoms with Crippen molar-refractivity contribution in [2.75, 3.05) is 0 Å². The van der Waals surface area contributed by atoms with E-state index in [4.69, 9.17) is 4.99 Å². The molecule has 286 valence electrons. The third-order valence-electron chi connectivity index (χ3n) is 12.4. The van der Waals surface area contributed by atoms with E-state index < -0.39 is 0 Å². The van der Waals surface area contributed by atoms with Gasteiger partial charge in [-0.3, -0.25) is 4.99 Å². The first-order valence-corrected chi connectivity index (χ1v) is 21.0. The predicted octanol–water partition coefficient (Wildman–Crippen LogP) is 14.7. The van der Waals surface area contributed by atoms with Gasteiger partial charge in [-0.1, -0.05) is 176 Å². The van der Waals surface area contributed by atoms with E-state index in [0.29, 0.717) is 0 Å². The van der Waals surface area contributed by atoms with Crippen molar-refractivity contribution in [1.82, 2.24) is 9.88 Å². The van der Waals surface area contributed by atoms with Crippen LogP contribution in [0.15, 0.2) is 229 Å². The quantitative estimate of drug-likeness (QED) is 0.179. The highest BCUT2D eigenvalue weighted by atomic mass is 15.1. The van der Waals surface area contributed by atoms with Gasteiger partial charge in [-0.25, -0.2) is 0 Å². The molecule has 1 aromatic heterocycles. The second-order valence-electron chi connectivity index (χ2n) is 16.0. The van der Waals surface area contributed by atoms with E-state index >= 15 is 0 Å². The van der Waals surface area contributed by atoms with Crippen molar-refractivity contribution in [1.29, 1.82) is 0 Å². The molecular formula is C58H39N3. The highest BCUT2D eigenvalue weighted by Gasteiger charge is 2.20. The van der Waals surface area contributed by atoms with Gasteiger partial charge in [-0.2, -0.15) is 0 Å². The topological polar surface area (TPSA) is 29.3 Å². The Bertz CT molecular complexity index is 3540. The van der Waals surface area contributed by atoms with Crippen LogP contribution in [0, 0.1) is 0 Å². The molecule has 3 heteroatoms. The van der Waals surface area contributed by atoms with Crippen LogP contribution in [0.3, 0.4) is 0 Å². The molecule has 0 saturated carbocycles. The lowest BCUT2D eigenvalue weighted by atomic mass is 9.94. The van der Waals surface area contributed by atoms with Crippen LogP contribution in [0.25, 0.3) is 87.8 Å². The van der Waals surface area contributed by atoms with Crippen LogP contribution in [0.5, 0.6) is 0 Å². The zero-order valence-corrected chi connectivity index (χ0v) is 33.3. The fourth-order valence-electron chi connectivity index (χ4n) is 9.38. The molecule has 3 nitrogen and oxygen atoms in total. The monoisotopic (exact) mass is 777 g/mol. The number of nitrogens with one attached hydrogen (secondary N) is 1. The van der Waals surface area contributed by atoms with Crippen molar-refractivity contribution >= 4 is 65.5 Å². The Morgan fingerprint density at radius 2 is 1.02 bits per heavy atom. The number of benzene rings is 10. The van der Waals surface area contributed by atoms with E-state index in [1.807, 2.05) is 6.07 Å². The average Bonchev–Trinajstić information content (AvgIpc) is 3.68. The number of hydrogen-bond donors (Lipinski definition) is 1. The van der Waals surface area contributed by atoms with Crippen molar-refractivity contribution in [2.45, 2.75) is 6.17 Å². The van der Waals surface area contributed by atoms with Gasteiger partial charge < -0.3 is 9.88 Å². The van der Waals surface area contributed by atoms with E-state index in [9.17, 15) is 0 Å². The Balaban J connectivity index is 0.901. The average molecular weight is 778 g/mol. The molecule has 0 bridgehead atoms. The van der Waals surface area contributed by atoms with E-state index in [2.05, 4.69) is 228 Å². The first kappa shape index (κ1) is 35.0. The van der Waals surface area contributed by atoms with Gasteiger partial charge in [-0.15, -0.1) is 0 Å². The van der Waals surface area contributed by atoms with E-state index in [1.165, 1.54) is 76.4 Å². The lowest BCUT2D eigenvalue weighted by Gasteiger charge is -2.25. The van der Waals surface area contributed by atoms with Gasteiger partial charge in [0.05, 0.1) is 16.7 Å². The molecule has 1 unspecified atom stereocenters. The minimum absolute atomic E-state index is 0.182. The van der Waals surface area contributed by atoms with E-state index in [0.717, 1.165) is 33.8 Å². The molecule has 0 aliphatic carbocycles.